The maximum atomic E-state index is 10.3. The van der Waals surface area contributed by atoms with Crippen molar-refractivity contribution in [2.45, 2.75) is 45.3 Å². The van der Waals surface area contributed by atoms with E-state index in [2.05, 4.69) is 45.5 Å². The van der Waals surface area contributed by atoms with E-state index in [-0.39, 0.29) is 0 Å². The Labute approximate surface area is 126 Å². The summed E-state index contributed by atoms with van der Waals surface area (Å²) in [5, 5.41) is 16.7. The zero-order valence-electron chi connectivity index (χ0n) is 11.1. The number of aromatic nitrogens is 2. The molecule has 1 N–H and O–H groups in total. The molecule has 0 aliphatic carbocycles. The molecule has 0 spiro atoms. The van der Waals surface area contributed by atoms with Crippen LogP contribution in [-0.2, 0) is 13.0 Å². The summed E-state index contributed by atoms with van der Waals surface area (Å²) in [6, 6.07) is 4.22. The predicted molar refractivity (Wildman–Crippen MR) is 82.4 cm³/mol. The average Bonchev–Trinajstić information content (AvgIpc) is 3.00. The lowest BCUT2D eigenvalue weighted by Gasteiger charge is -2.13. The van der Waals surface area contributed by atoms with Gasteiger partial charge in [0.2, 0.25) is 0 Å². The van der Waals surface area contributed by atoms with Gasteiger partial charge in [0.25, 0.3) is 0 Å². The molecule has 104 valence electrons. The van der Waals surface area contributed by atoms with Gasteiger partial charge in [0.15, 0.2) is 0 Å². The summed E-state index contributed by atoms with van der Waals surface area (Å²) in [6.45, 7) is 2.96. The Morgan fingerprint density at radius 2 is 2.37 bits per heavy atom. The van der Waals surface area contributed by atoms with Crippen LogP contribution in [0.25, 0.3) is 0 Å². The van der Waals surface area contributed by atoms with E-state index in [4.69, 9.17) is 0 Å². The van der Waals surface area contributed by atoms with E-state index >= 15 is 0 Å². The Hall–Kier alpha value is -0.650. The third-order valence-corrected chi connectivity index (χ3v) is 4.61. The summed E-state index contributed by atoms with van der Waals surface area (Å²) < 4.78 is 2.81. The number of aryl methyl sites for hydroxylation is 2. The predicted octanol–water partition coefficient (Wildman–Crippen LogP) is 4.17. The second-order valence-electron chi connectivity index (χ2n) is 4.59. The first-order valence-electron chi connectivity index (χ1n) is 6.64. The standard InChI is InChI=1S/C14H19BrN2OS/c1-2-8-17-14(12(15)10-16-17)13(18)7-3-5-11-6-4-9-19-11/h4,6,9-10,13,18H,2-3,5,7-8H2,1H3. The molecule has 19 heavy (non-hydrogen) atoms. The molecule has 0 saturated carbocycles. The van der Waals surface area contributed by atoms with Crippen molar-refractivity contribution in [3.8, 4) is 0 Å². The van der Waals surface area contributed by atoms with Gasteiger partial charge in [-0.15, -0.1) is 11.3 Å². The number of aliphatic hydroxyl groups excluding tert-OH is 1. The van der Waals surface area contributed by atoms with E-state index in [9.17, 15) is 5.11 Å². The molecule has 5 heteroatoms. The Kier molecular flexibility index (Phi) is 5.60. The van der Waals surface area contributed by atoms with Crippen molar-refractivity contribution < 1.29 is 5.11 Å². The Morgan fingerprint density at radius 3 is 3.05 bits per heavy atom. The minimum Gasteiger partial charge on any atom is -0.387 e. The fourth-order valence-corrected chi connectivity index (χ4v) is 3.47. The third kappa shape index (κ3) is 3.91. The lowest BCUT2D eigenvalue weighted by atomic mass is 10.1. The van der Waals surface area contributed by atoms with Gasteiger partial charge in [0.1, 0.15) is 0 Å². The average molecular weight is 343 g/mol. The summed E-state index contributed by atoms with van der Waals surface area (Å²) in [4.78, 5) is 1.38. The van der Waals surface area contributed by atoms with Crippen LogP contribution in [0.3, 0.4) is 0 Å². The fraction of sp³-hybridized carbons (Fsp3) is 0.500. The van der Waals surface area contributed by atoms with Crippen LogP contribution in [0.2, 0.25) is 0 Å². The molecule has 0 fully saturated rings. The van der Waals surface area contributed by atoms with Crippen LogP contribution in [0, 0.1) is 0 Å². The van der Waals surface area contributed by atoms with Gasteiger partial charge in [-0.2, -0.15) is 5.10 Å². The number of rotatable bonds is 7. The zero-order valence-corrected chi connectivity index (χ0v) is 13.5. The molecule has 0 aliphatic rings. The van der Waals surface area contributed by atoms with Crippen molar-refractivity contribution in [3.63, 3.8) is 0 Å². The molecule has 3 nitrogen and oxygen atoms in total. The van der Waals surface area contributed by atoms with E-state index in [1.165, 1.54) is 4.88 Å². The van der Waals surface area contributed by atoms with Gasteiger partial charge in [-0.25, -0.2) is 0 Å². The van der Waals surface area contributed by atoms with E-state index in [0.717, 1.165) is 42.4 Å². The number of hydrogen-bond donors (Lipinski definition) is 1. The van der Waals surface area contributed by atoms with Crippen molar-refractivity contribution in [1.29, 1.82) is 0 Å². The van der Waals surface area contributed by atoms with Crippen LogP contribution in [0.15, 0.2) is 28.2 Å². The molecule has 0 saturated heterocycles. The van der Waals surface area contributed by atoms with Crippen molar-refractivity contribution in [2.24, 2.45) is 0 Å². The topological polar surface area (TPSA) is 38.0 Å². The first kappa shape index (κ1) is 14.8. The van der Waals surface area contributed by atoms with Crippen LogP contribution in [0.1, 0.15) is 42.9 Å². The van der Waals surface area contributed by atoms with E-state index < -0.39 is 6.10 Å². The molecule has 2 aromatic rings. The van der Waals surface area contributed by atoms with Crippen molar-refractivity contribution in [1.82, 2.24) is 9.78 Å². The number of halogens is 1. The number of nitrogens with zero attached hydrogens (tertiary/aromatic N) is 2. The molecular formula is C14H19BrN2OS. The highest BCUT2D eigenvalue weighted by Crippen LogP contribution is 2.27. The molecule has 0 radical (unpaired) electrons. The lowest BCUT2D eigenvalue weighted by molar-refractivity contribution is 0.152. The summed E-state index contributed by atoms with van der Waals surface area (Å²) in [6.07, 6.45) is 5.14. The molecule has 1 unspecified atom stereocenters. The maximum absolute atomic E-state index is 10.3. The summed E-state index contributed by atoms with van der Waals surface area (Å²) in [5.41, 5.74) is 0.910. The van der Waals surface area contributed by atoms with Crippen LogP contribution in [-0.4, -0.2) is 14.9 Å². The van der Waals surface area contributed by atoms with Crippen molar-refractivity contribution in [2.75, 3.05) is 0 Å². The SMILES string of the molecule is CCCn1ncc(Br)c1C(O)CCCc1cccs1. The largest absolute Gasteiger partial charge is 0.387 e. The highest BCUT2D eigenvalue weighted by Gasteiger charge is 2.17. The molecule has 1 atom stereocenters. The quantitative estimate of drug-likeness (QED) is 0.819. The maximum Gasteiger partial charge on any atom is 0.0968 e. The smallest absolute Gasteiger partial charge is 0.0968 e. The minimum absolute atomic E-state index is 0.441. The van der Waals surface area contributed by atoms with Crippen LogP contribution in [0.4, 0.5) is 0 Å². The molecule has 2 rings (SSSR count). The van der Waals surface area contributed by atoms with Gasteiger partial charge in [-0.3, -0.25) is 4.68 Å². The van der Waals surface area contributed by atoms with Gasteiger partial charge < -0.3 is 5.11 Å². The van der Waals surface area contributed by atoms with Gasteiger partial charge in [-0.1, -0.05) is 13.0 Å². The van der Waals surface area contributed by atoms with E-state index in [1.807, 2.05) is 4.68 Å². The van der Waals surface area contributed by atoms with Crippen molar-refractivity contribution >= 4 is 27.3 Å². The lowest BCUT2D eigenvalue weighted by Crippen LogP contribution is -2.10. The molecule has 0 amide bonds. The van der Waals surface area contributed by atoms with Gasteiger partial charge in [-0.05, 0) is 53.1 Å². The molecule has 0 aliphatic heterocycles. The van der Waals surface area contributed by atoms with Crippen LogP contribution < -0.4 is 0 Å². The van der Waals surface area contributed by atoms with E-state index in [1.54, 1.807) is 17.5 Å². The van der Waals surface area contributed by atoms with Gasteiger partial charge >= 0.3 is 0 Å². The van der Waals surface area contributed by atoms with Crippen molar-refractivity contribution in [3.05, 3.63) is 38.8 Å². The second kappa shape index (κ2) is 7.22. The first-order valence-corrected chi connectivity index (χ1v) is 8.31. The van der Waals surface area contributed by atoms with Gasteiger partial charge in [0, 0.05) is 11.4 Å². The highest BCUT2D eigenvalue weighted by atomic mass is 79.9. The van der Waals surface area contributed by atoms with Gasteiger partial charge in [0.05, 0.1) is 22.5 Å². The van der Waals surface area contributed by atoms with Crippen LogP contribution in [0.5, 0.6) is 0 Å². The molecule has 2 aromatic heterocycles. The summed E-state index contributed by atoms with van der Waals surface area (Å²) in [5.74, 6) is 0. The number of aliphatic hydroxyl groups is 1. The Balaban J connectivity index is 1.91. The fourth-order valence-electron chi connectivity index (χ4n) is 2.15. The van der Waals surface area contributed by atoms with E-state index in [0.29, 0.717) is 0 Å². The molecule has 0 aromatic carbocycles. The molecular weight excluding hydrogens is 324 g/mol. The van der Waals surface area contributed by atoms with Crippen LogP contribution >= 0.6 is 27.3 Å². The first-order chi connectivity index (χ1) is 9.22. The number of hydrogen-bond acceptors (Lipinski definition) is 3. The Morgan fingerprint density at radius 1 is 1.53 bits per heavy atom. The summed E-state index contributed by atoms with van der Waals surface area (Å²) >= 11 is 5.26. The minimum atomic E-state index is -0.441. The second-order valence-corrected chi connectivity index (χ2v) is 6.47. The monoisotopic (exact) mass is 342 g/mol. The molecule has 0 bridgehead atoms. The Bertz CT molecular complexity index is 496. The normalized spacial score (nSPS) is 12.8. The summed E-state index contributed by atoms with van der Waals surface area (Å²) in [7, 11) is 0. The molecule has 2 heterocycles. The third-order valence-electron chi connectivity index (χ3n) is 3.07. The zero-order chi connectivity index (χ0) is 13.7. The number of thiophene rings is 1. The highest BCUT2D eigenvalue weighted by molar-refractivity contribution is 9.10.